The van der Waals surface area contributed by atoms with E-state index in [0.29, 0.717) is 16.8 Å². The van der Waals surface area contributed by atoms with Gasteiger partial charge in [-0.3, -0.25) is 9.59 Å². The predicted octanol–water partition coefficient (Wildman–Crippen LogP) is 2.34. The second-order valence-corrected chi connectivity index (χ2v) is 8.11. The van der Waals surface area contributed by atoms with Crippen LogP contribution < -0.4 is 4.72 Å². The smallest absolute Gasteiger partial charge is 0.338 e. The Morgan fingerprint density at radius 3 is 2.31 bits per heavy atom. The van der Waals surface area contributed by atoms with Crippen LogP contribution in [0.3, 0.4) is 0 Å². The molecule has 29 heavy (non-hydrogen) atoms. The van der Waals surface area contributed by atoms with Crippen LogP contribution in [0.15, 0.2) is 41.8 Å². The molecular weight excluding hydrogens is 396 g/mol. The molecule has 9 heteroatoms. The number of benzene rings is 1. The molecule has 154 valence electrons. The third-order valence-electron chi connectivity index (χ3n) is 4.22. The van der Waals surface area contributed by atoms with Crippen molar-refractivity contribution in [3.05, 3.63) is 65.0 Å². The number of sulfonamides is 1. The third kappa shape index (κ3) is 5.07. The van der Waals surface area contributed by atoms with E-state index < -0.39 is 28.4 Å². The van der Waals surface area contributed by atoms with E-state index >= 15 is 0 Å². The van der Waals surface area contributed by atoms with E-state index in [1.54, 1.807) is 13.8 Å². The number of Topliss-reactive ketones (excluding diaryl/α,β-unsaturated/α-hetero) is 2. The van der Waals surface area contributed by atoms with Crippen molar-refractivity contribution in [2.45, 2.75) is 25.7 Å². The van der Waals surface area contributed by atoms with Gasteiger partial charge in [-0.15, -0.1) is 6.58 Å². The molecule has 0 unspecified atom stereocenters. The van der Waals surface area contributed by atoms with Crippen LogP contribution in [0, 0.1) is 13.8 Å². The first-order chi connectivity index (χ1) is 13.6. The quantitative estimate of drug-likeness (QED) is 0.366. The number of H-pyrrole nitrogens is 1. The van der Waals surface area contributed by atoms with Gasteiger partial charge in [0.1, 0.15) is 0 Å². The summed E-state index contributed by atoms with van der Waals surface area (Å²) in [6.07, 6.45) is 1.41. The lowest BCUT2D eigenvalue weighted by Gasteiger charge is -2.07. The molecule has 0 spiro atoms. The van der Waals surface area contributed by atoms with Gasteiger partial charge in [-0.2, -0.15) is 0 Å². The molecule has 0 radical (unpaired) electrons. The highest BCUT2D eigenvalue weighted by atomic mass is 32.2. The highest BCUT2D eigenvalue weighted by Crippen LogP contribution is 2.19. The zero-order valence-corrected chi connectivity index (χ0v) is 17.2. The molecule has 2 rings (SSSR count). The number of hydrogen-bond acceptors (Lipinski definition) is 6. The molecule has 0 aliphatic heterocycles. The van der Waals surface area contributed by atoms with Crippen LogP contribution >= 0.6 is 0 Å². The van der Waals surface area contributed by atoms with E-state index in [1.165, 1.54) is 37.3 Å². The van der Waals surface area contributed by atoms with Gasteiger partial charge in [0.15, 0.2) is 12.4 Å². The lowest BCUT2D eigenvalue weighted by Crippen LogP contribution is -2.23. The predicted molar refractivity (Wildman–Crippen MR) is 107 cm³/mol. The fourth-order valence-corrected chi connectivity index (χ4v) is 3.86. The average Bonchev–Trinajstić information content (AvgIpc) is 2.98. The molecule has 0 saturated heterocycles. The van der Waals surface area contributed by atoms with Crippen LogP contribution in [0.2, 0.25) is 0 Å². The maximum Gasteiger partial charge on any atom is 0.338 e. The summed E-state index contributed by atoms with van der Waals surface area (Å²) in [5.41, 5.74) is 1.85. The minimum atomic E-state index is -3.70. The van der Waals surface area contributed by atoms with E-state index in [1.807, 2.05) is 0 Å². The number of rotatable bonds is 9. The minimum absolute atomic E-state index is 0.0128. The Kier molecular flexibility index (Phi) is 6.89. The Morgan fingerprint density at radius 1 is 1.17 bits per heavy atom. The molecule has 8 nitrogen and oxygen atoms in total. The molecule has 1 aromatic carbocycles. The van der Waals surface area contributed by atoms with E-state index in [2.05, 4.69) is 16.3 Å². The number of ketones is 2. The highest BCUT2D eigenvalue weighted by molar-refractivity contribution is 7.89. The van der Waals surface area contributed by atoms with Crippen LogP contribution in [-0.4, -0.2) is 44.1 Å². The topological polar surface area (TPSA) is 122 Å². The fourth-order valence-electron chi connectivity index (χ4n) is 2.87. The lowest BCUT2D eigenvalue weighted by molar-refractivity contribution is 0.0473. The Morgan fingerprint density at radius 2 is 1.79 bits per heavy atom. The van der Waals surface area contributed by atoms with Gasteiger partial charge in [0.2, 0.25) is 15.8 Å². The first-order valence-electron chi connectivity index (χ1n) is 8.69. The van der Waals surface area contributed by atoms with Gasteiger partial charge in [0.05, 0.1) is 16.2 Å². The third-order valence-corrected chi connectivity index (χ3v) is 5.66. The van der Waals surface area contributed by atoms with Gasteiger partial charge in [0.25, 0.3) is 0 Å². The molecule has 0 aliphatic carbocycles. The number of aromatic amines is 1. The summed E-state index contributed by atoms with van der Waals surface area (Å²) in [7, 11) is -3.70. The highest BCUT2D eigenvalue weighted by Gasteiger charge is 2.21. The van der Waals surface area contributed by atoms with E-state index in [-0.39, 0.29) is 28.5 Å². The maximum absolute atomic E-state index is 12.4. The number of ether oxygens (including phenoxy) is 1. The normalized spacial score (nSPS) is 11.1. The Labute approximate surface area is 169 Å². The number of nitrogens with one attached hydrogen (secondary N) is 2. The Balaban J connectivity index is 2.06. The maximum atomic E-state index is 12.4. The molecular formula is C20H22N2O6S. The molecule has 2 N–H and O–H groups in total. The fraction of sp³-hybridized carbons (Fsp3) is 0.250. The van der Waals surface area contributed by atoms with E-state index in [9.17, 15) is 22.8 Å². The van der Waals surface area contributed by atoms with Crippen LogP contribution in [0.5, 0.6) is 0 Å². The zero-order chi connectivity index (χ0) is 21.8. The summed E-state index contributed by atoms with van der Waals surface area (Å²) in [6, 6.07) is 5.13. The molecule has 0 atom stereocenters. The van der Waals surface area contributed by atoms with Gasteiger partial charge in [-0.25, -0.2) is 17.9 Å². The van der Waals surface area contributed by atoms with E-state index in [0.717, 1.165) is 0 Å². The van der Waals surface area contributed by atoms with Gasteiger partial charge in [0, 0.05) is 17.8 Å². The van der Waals surface area contributed by atoms with Crippen molar-refractivity contribution < 1.29 is 27.5 Å². The van der Waals surface area contributed by atoms with Crippen molar-refractivity contribution in [3.63, 3.8) is 0 Å². The first kappa shape index (κ1) is 22.3. The number of carbonyl (C=O) groups excluding carboxylic acids is 3. The molecule has 1 aromatic heterocycles. The lowest BCUT2D eigenvalue weighted by atomic mass is 10.1. The number of esters is 1. The van der Waals surface area contributed by atoms with Gasteiger partial charge >= 0.3 is 5.97 Å². The summed E-state index contributed by atoms with van der Waals surface area (Å²) in [5, 5.41) is 0. The SMILES string of the molecule is C=CCNS(=O)(=O)c1ccc(C(=O)OCC(=O)c2[nH]c(C)c(C(C)=O)c2C)cc1. The molecule has 0 saturated carbocycles. The zero-order valence-electron chi connectivity index (χ0n) is 16.4. The number of aryl methyl sites for hydroxylation is 1. The molecule has 0 amide bonds. The van der Waals surface area contributed by atoms with Crippen LogP contribution in [0.1, 0.15) is 49.4 Å². The molecule has 0 bridgehead atoms. The standard InChI is InChI=1S/C20H22N2O6S/c1-5-10-21-29(26,27)16-8-6-15(7-9-16)20(25)28-11-17(24)19-12(2)18(14(4)23)13(3)22-19/h5-9,21-22H,1,10-11H2,2-4H3. The summed E-state index contributed by atoms with van der Waals surface area (Å²) in [4.78, 5) is 39.0. The van der Waals surface area contributed by atoms with Crippen molar-refractivity contribution in [2.75, 3.05) is 13.2 Å². The number of carbonyl (C=O) groups is 3. The van der Waals surface area contributed by atoms with E-state index in [4.69, 9.17) is 4.74 Å². The summed E-state index contributed by atoms with van der Waals surface area (Å²) >= 11 is 0. The monoisotopic (exact) mass is 418 g/mol. The number of aromatic nitrogens is 1. The average molecular weight is 418 g/mol. The van der Waals surface area contributed by atoms with Crippen molar-refractivity contribution in [3.8, 4) is 0 Å². The van der Waals surface area contributed by atoms with Crippen molar-refractivity contribution in [1.82, 2.24) is 9.71 Å². The van der Waals surface area contributed by atoms with Gasteiger partial charge in [-0.05, 0) is 50.6 Å². The van der Waals surface area contributed by atoms with Crippen molar-refractivity contribution in [1.29, 1.82) is 0 Å². The van der Waals surface area contributed by atoms with Crippen LogP contribution in [0.25, 0.3) is 0 Å². The molecule has 0 fully saturated rings. The largest absolute Gasteiger partial charge is 0.454 e. The van der Waals surface area contributed by atoms with Crippen molar-refractivity contribution in [2.24, 2.45) is 0 Å². The van der Waals surface area contributed by atoms with Gasteiger partial charge in [-0.1, -0.05) is 6.08 Å². The summed E-state index contributed by atoms with van der Waals surface area (Å²) in [5.74, 6) is -1.40. The summed E-state index contributed by atoms with van der Waals surface area (Å²) < 4.78 is 31.4. The van der Waals surface area contributed by atoms with Crippen LogP contribution in [-0.2, 0) is 14.8 Å². The Bertz CT molecular complexity index is 1070. The Hall–Kier alpha value is -3.04. The molecule has 2 aromatic rings. The second-order valence-electron chi connectivity index (χ2n) is 6.35. The van der Waals surface area contributed by atoms with Crippen molar-refractivity contribution >= 4 is 27.6 Å². The minimum Gasteiger partial charge on any atom is -0.454 e. The molecule has 0 aliphatic rings. The number of hydrogen-bond donors (Lipinski definition) is 2. The molecule has 1 heterocycles. The first-order valence-corrected chi connectivity index (χ1v) is 10.2. The summed E-state index contributed by atoms with van der Waals surface area (Å²) in [6.45, 7) is 7.75. The van der Waals surface area contributed by atoms with Crippen LogP contribution in [0.4, 0.5) is 0 Å². The van der Waals surface area contributed by atoms with Gasteiger partial charge < -0.3 is 9.72 Å². The second kappa shape index (κ2) is 8.97.